The van der Waals surface area contributed by atoms with E-state index in [1.165, 1.54) is 25.7 Å². The molecule has 2 rings (SSSR count). The van der Waals surface area contributed by atoms with Crippen molar-refractivity contribution in [3.8, 4) is 0 Å². The summed E-state index contributed by atoms with van der Waals surface area (Å²) < 4.78 is 5.26. The number of nitrogens with one attached hydrogen (secondary N) is 1. The van der Waals surface area contributed by atoms with Gasteiger partial charge in [-0.05, 0) is 25.7 Å². The van der Waals surface area contributed by atoms with E-state index in [-0.39, 0.29) is 0 Å². The lowest BCUT2D eigenvalue weighted by Gasteiger charge is -2.39. The van der Waals surface area contributed by atoms with Gasteiger partial charge in [-0.3, -0.25) is 0 Å². The van der Waals surface area contributed by atoms with Gasteiger partial charge < -0.3 is 10.1 Å². The van der Waals surface area contributed by atoms with Crippen LogP contribution in [0.5, 0.6) is 0 Å². The molecule has 2 aliphatic rings. The molecule has 2 heteroatoms. The van der Waals surface area contributed by atoms with Crippen molar-refractivity contribution in [2.24, 2.45) is 11.3 Å². The number of hydrogen-bond acceptors (Lipinski definition) is 2. The van der Waals surface area contributed by atoms with Crippen LogP contribution in [0.1, 0.15) is 39.5 Å². The first-order valence-corrected chi connectivity index (χ1v) is 6.01. The van der Waals surface area contributed by atoms with Crippen LogP contribution in [-0.2, 0) is 4.74 Å². The van der Waals surface area contributed by atoms with E-state index in [2.05, 4.69) is 19.2 Å². The first-order chi connectivity index (χ1) is 6.70. The molecule has 0 amide bonds. The molecule has 1 atom stereocenters. The first kappa shape index (κ1) is 10.4. The monoisotopic (exact) mass is 197 g/mol. The molecule has 82 valence electrons. The summed E-state index contributed by atoms with van der Waals surface area (Å²) in [5.41, 5.74) is 0.423. The second-order valence-electron chi connectivity index (χ2n) is 5.52. The Balaban J connectivity index is 1.68. The highest BCUT2D eigenvalue weighted by Crippen LogP contribution is 2.29. The molecule has 0 aromatic heterocycles. The van der Waals surface area contributed by atoms with Crippen molar-refractivity contribution in [1.29, 1.82) is 0 Å². The molecule has 1 heterocycles. The third kappa shape index (κ3) is 2.29. The van der Waals surface area contributed by atoms with Crippen LogP contribution in [-0.4, -0.2) is 25.8 Å². The van der Waals surface area contributed by atoms with Gasteiger partial charge in [0.25, 0.3) is 0 Å². The summed E-state index contributed by atoms with van der Waals surface area (Å²) in [6.07, 6.45) is 5.75. The van der Waals surface area contributed by atoms with Gasteiger partial charge in [0.2, 0.25) is 0 Å². The summed E-state index contributed by atoms with van der Waals surface area (Å²) in [7, 11) is 0. The van der Waals surface area contributed by atoms with Crippen molar-refractivity contribution in [3.05, 3.63) is 0 Å². The van der Waals surface area contributed by atoms with Gasteiger partial charge in [0, 0.05) is 18.0 Å². The van der Waals surface area contributed by atoms with Crippen molar-refractivity contribution in [2.75, 3.05) is 19.8 Å². The maximum absolute atomic E-state index is 5.26. The lowest BCUT2D eigenvalue weighted by atomic mass is 9.88. The molecule has 0 unspecified atom stereocenters. The predicted molar refractivity (Wildman–Crippen MR) is 58.3 cm³/mol. The Labute approximate surface area is 87.4 Å². The summed E-state index contributed by atoms with van der Waals surface area (Å²) in [5.74, 6) is 0.930. The molecule has 0 bridgehead atoms. The summed E-state index contributed by atoms with van der Waals surface area (Å²) in [6.45, 7) is 7.67. The zero-order valence-electron chi connectivity index (χ0n) is 9.51. The van der Waals surface area contributed by atoms with Gasteiger partial charge in [-0.2, -0.15) is 0 Å². The Morgan fingerprint density at radius 3 is 2.50 bits per heavy atom. The predicted octanol–water partition coefficient (Wildman–Crippen LogP) is 2.19. The van der Waals surface area contributed by atoms with Gasteiger partial charge in [0.1, 0.15) is 0 Å². The quantitative estimate of drug-likeness (QED) is 0.746. The van der Waals surface area contributed by atoms with Crippen LogP contribution >= 0.6 is 0 Å². The minimum absolute atomic E-state index is 0.423. The van der Waals surface area contributed by atoms with Gasteiger partial charge >= 0.3 is 0 Å². The minimum Gasteiger partial charge on any atom is -0.380 e. The fourth-order valence-corrected chi connectivity index (χ4v) is 2.58. The Kier molecular flexibility index (Phi) is 3.13. The highest BCUT2D eigenvalue weighted by Gasteiger charge is 2.34. The lowest BCUT2D eigenvalue weighted by molar-refractivity contribution is -0.100. The molecule has 2 nitrogen and oxygen atoms in total. The third-order valence-electron chi connectivity index (χ3n) is 3.86. The van der Waals surface area contributed by atoms with E-state index < -0.39 is 0 Å². The number of hydrogen-bond donors (Lipinski definition) is 1. The Bertz CT molecular complexity index is 183. The average Bonchev–Trinajstić information content (AvgIpc) is 2.63. The van der Waals surface area contributed by atoms with Crippen LogP contribution in [0.15, 0.2) is 0 Å². The molecule has 14 heavy (non-hydrogen) atoms. The summed E-state index contributed by atoms with van der Waals surface area (Å²) in [4.78, 5) is 0. The highest BCUT2D eigenvalue weighted by atomic mass is 16.5. The minimum atomic E-state index is 0.423. The van der Waals surface area contributed by atoms with Crippen molar-refractivity contribution >= 4 is 0 Å². The molecule has 0 radical (unpaired) electrons. The van der Waals surface area contributed by atoms with Crippen LogP contribution in [0.25, 0.3) is 0 Å². The zero-order valence-corrected chi connectivity index (χ0v) is 9.51. The van der Waals surface area contributed by atoms with E-state index >= 15 is 0 Å². The third-order valence-corrected chi connectivity index (χ3v) is 3.86. The molecular formula is C12H23NO. The standard InChI is InChI=1S/C12H23NO/c1-10(11-5-3-4-6-11)13-7-12(2)8-14-9-12/h10-11,13H,3-9H2,1-2H3/t10-/m0/s1. The second-order valence-corrected chi connectivity index (χ2v) is 5.52. The van der Waals surface area contributed by atoms with Gasteiger partial charge in [0.15, 0.2) is 0 Å². The van der Waals surface area contributed by atoms with Gasteiger partial charge in [-0.25, -0.2) is 0 Å². The van der Waals surface area contributed by atoms with Crippen LogP contribution in [0.2, 0.25) is 0 Å². The number of ether oxygens (including phenoxy) is 1. The van der Waals surface area contributed by atoms with Crippen molar-refractivity contribution < 1.29 is 4.74 Å². The molecule has 1 aliphatic carbocycles. The van der Waals surface area contributed by atoms with Crippen molar-refractivity contribution in [2.45, 2.75) is 45.6 Å². The van der Waals surface area contributed by atoms with Crippen LogP contribution in [0, 0.1) is 11.3 Å². The van der Waals surface area contributed by atoms with Crippen LogP contribution in [0.4, 0.5) is 0 Å². The van der Waals surface area contributed by atoms with E-state index in [1.54, 1.807) is 0 Å². The topological polar surface area (TPSA) is 21.3 Å². The molecule has 0 aromatic rings. The molecule has 1 aliphatic heterocycles. The molecule has 0 aromatic carbocycles. The van der Waals surface area contributed by atoms with E-state index in [0.29, 0.717) is 11.5 Å². The van der Waals surface area contributed by atoms with E-state index in [4.69, 9.17) is 4.74 Å². The second kappa shape index (κ2) is 4.19. The largest absolute Gasteiger partial charge is 0.380 e. The SMILES string of the molecule is C[C@H](NCC1(C)COC1)C1CCCC1. The average molecular weight is 197 g/mol. The molecule has 1 N–H and O–H groups in total. The van der Waals surface area contributed by atoms with Crippen molar-refractivity contribution in [3.63, 3.8) is 0 Å². The van der Waals surface area contributed by atoms with Crippen LogP contribution in [0.3, 0.4) is 0 Å². The lowest BCUT2D eigenvalue weighted by Crippen LogP contribution is -2.50. The maximum Gasteiger partial charge on any atom is 0.0554 e. The highest BCUT2D eigenvalue weighted by molar-refractivity contribution is 4.86. The fourth-order valence-electron chi connectivity index (χ4n) is 2.58. The zero-order chi connectivity index (χ0) is 10.0. The van der Waals surface area contributed by atoms with Crippen molar-refractivity contribution in [1.82, 2.24) is 5.32 Å². The number of rotatable bonds is 4. The van der Waals surface area contributed by atoms with Gasteiger partial charge in [0.05, 0.1) is 13.2 Å². The molecule has 1 saturated heterocycles. The normalized spacial score (nSPS) is 28.7. The van der Waals surface area contributed by atoms with E-state index in [1.807, 2.05) is 0 Å². The summed E-state index contributed by atoms with van der Waals surface area (Å²) in [6, 6.07) is 0.704. The van der Waals surface area contributed by atoms with Crippen LogP contribution < -0.4 is 5.32 Å². The molecule has 1 saturated carbocycles. The fraction of sp³-hybridized carbons (Fsp3) is 1.00. The first-order valence-electron chi connectivity index (χ1n) is 6.01. The van der Waals surface area contributed by atoms with E-state index in [9.17, 15) is 0 Å². The molecule has 2 fully saturated rings. The molecular weight excluding hydrogens is 174 g/mol. The Morgan fingerprint density at radius 2 is 2.00 bits per heavy atom. The van der Waals surface area contributed by atoms with Gasteiger partial charge in [-0.1, -0.05) is 19.8 Å². The van der Waals surface area contributed by atoms with Gasteiger partial charge in [-0.15, -0.1) is 0 Å². The Morgan fingerprint density at radius 1 is 1.36 bits per heavy atom. The Hall–Kier alpha value is -0.0800. The molecule has 0 spiro atoms. The summed E-state index contributed by atoms with van der Waals surface area (Å²) in [5, 5.41) is 3.69. The summed E-state index contributed by atoms with van der Waals surface area (Å²) >= 11 is 0. The smallest absolute Gasteiger partial charge is 0.0554 e. The van der Waals surface area contributed by atoms with E-state index in [0.717, 1.165) is 25.7 Å². The maximum atomic E-state index is 5.26.